The molecular weight excluding hydrogens is 182 g/mol. The van der Waals surface area contributed by atoms with Crippen LogP contribution in [0.3, 0.4) is 0 Å². The number of hydrogen-bond acceptors (Lipinski definition) is 2. The predicted molar refractivity (Wildman–Crippen MR) is 56.4 cm³/mol. The Morgan fingerprint density at radius 1 is 1.31 bits per heavy atom. The number of benzene rings is 1. The van der Waals surface area contributed by atoms with Crippen molar-refractivity contribution in [2.75, 3.05) is 19.8 Å². The first-order valence-electron chi connectivity index (χ1n) is 4.31. The van der Waals surface area contributed by atoms with E-state index in [9.17, 15) is 4.21 Å². The van der Waals surface area contributed by atoms with Crippen LogP contribution < -0.4 is 5.32 Å². The van der Waals surface area contributed by atoms with E-state index < -0.39 is 10.8 Å². The van der Waals surface area contributed by atoms with Crippen LogP contribution in [-0.4, -0.2) is 24.1 Å². The highest BCUT2D eigenvalue weighted by atomic mass is 32.2. The third-order valence-corrected chi connectivity index (χ3v) is 2.85. The highest BCUT2D eigenvalue weighted by molar-refractivity contribution is 7.84. The Morgan fingerprint density at radius 3 is 2.38 bits per heavy atom. The van der Waals surface area contributed by atoms with Crippen molar-refractivity contribution in [3.8, 4) is 0 Å². The average Bonchev–Trinajstić information content (AvgIpc) is 2.15. The average molecular weight is 197 g/mol. The molecule has 0 bridgehead atoms. The molecule has 2 nitrogen and oxygen atoms in total. The van der Waals surface area contributed by atoms with E-state index in [4.69, 9.17) is 0 Å². The van der Waals surface area contributed by atoms with E-state index in [0.717, 1.165) is 17.9 Å². The van der Waals surface area contributed by atoms with Gasteiger partial charge in [-0.05, 0) is 37.7 Å². The monoisotopic (exact) mass is 197 g/mol. The quantitative estimate of drug-likeness (QED) is 0.785. The minimum Gasteiger partial charge on any atom is -0.319 e. The molecule has 0 radical (unpaired) electrons. The summed E-state index contributed by atoms with van der Waals surface area (Å²) in [5, 5.41) is 3.09. The molecule has 0 aliphatic rings. The summed E-state index contributed by atoms with van der Waals surface area (Å²) in [6, 6.07) is 7.93. The maximum atomic E-state index is 11.1. The molecule has 0 amide bonds. The molecule has 1 rings (SSSR count). The molecular formula is C10H15NOS. The van der Waals surface area contributed by atoms with E-state index in [1.807, 2.05) is 31.3 Å². The van der Waals surface area contributed by atoms with Crippen LogP contribution in [0.15, 0.2) is 29.2 Å². The molecule has 1 aromatic carbocycles. The Kier molecular flexibility index (Phi) is 4.12. The Hall–Kier alpha value is -0.670. The Labute approximate surface area is 81.8 Å². The van der Waals surface area contributed by atoms with Crippen LogP contribution in [0.5, 0.6) is 0 Å². The van der Waals surface area contributed by atoms with Crippen molar-refractivity contribution < 1.29 is 4.21 Å². The van der Waals surface area contributed by atoms with Gasteiger partial charge in [0.1, 0.15) is 0 Å². The summed E-state index contributed by atoms with van der Waals surface area (Å²) < 4.78 is 11.1. The fraction of sp³-hybridized carbons (Fsp3) is 0.400. The summed E-state index contributed by atoms with van der Waals surface area (Å²) in [4.78, 5) is 0.896. The van der Waals surface area contributed by atoms with Gasteiger partial charge in [0.15, 0.2) is 0 Å². The van der Waals surface area contributed by atoms with Gasteiger partial charge in [0.2, 0.25) is 0 Å². The van der Waals surface area contributed by atoms with Crippen molar-refractivity contribution in [2.24, 2.45) is 0 Å². The predicted octanol–water partition coefficient (Wildman–Crippen LogP) is 1.19. The van der Waals surface area contributed by atoms with Gasteiger partial charge in [-0.3, -0.25) is 4.21 Å². The molecule has 3 heteroatoms. The van der Waals surface area contributed by atoms with E-state index in [1.54, 1.807) is 6.26 Å². The van der Waals surface area contributed by atoms with Crippen LogP contribution in [0, 0.1) is 0 Å². The fourth-order valence-corrected chi connectivity index (χ4v) is 1.64. The number of likely N-dealkylation sites (N-methyl/N-ethyl adjacent to an activating group) is 1. The Morgan fingerprint density at radius 2 is 1.92 bits per heavy atom. The lowest BCUT2D eigenvalue weighted by Gasteiger charge is -2.01. The van der Waals surface area contributed by atoms with E-state index in [2.05, 4.69) is 5.32 Å². The minimum atomic E-state index is -0.859. The topological polar surface area (TPSA) is 29.1 Å². The minimum absolute atomic E-state index is 0.859. The molecule has 0 aliphatic carbocycles. The fourth-order valence-electron chi connectivity index (χ4n) is 1.12. The van der Waals surface area contributed by atoms with Crippen LogP contribution >= 0.6 is 0 Å². The van der Waals surface area contributed by atoms with Crippen molar-refractivity contribution in [2.45, 2.75) is 11.3 Å². The van der Waals surface area contributed by atoms with Gasteiger partial charge in [0.05, 0.1) is 0 Å². The van der Waals surface area contributed by atoms with Gasteiger partial charge in [-0.2, -0.15) is 0 Å². The van der Waals surface area contributed by atoms with Gasteiger partial charge < -0.3 is 5.32 Å². The van der Waals surface area contributed by atoms with Gasteiger partial charge in [-0.25, -0.2) is 0 Å². The second kappa shape index (κ2) is 5.14. The van der Waals surface area contributed by atoms with Gasteiger partial charge in [0, 0.05) is 22.0 Å². The molecule has 0 heterocycles. The summed E-state index contributed by atoms with van der Waals surface area (Å²) in [6.07, 6.45) is 2.72. The smallest absolute Gasteiger partial charge is 0.0498 e. The lowest BCUT2D eigenvalue weighted by atomic mass is 10.1. The Balaban J connectivity index is 2.64. The van der Waals surface area contributed by atoms with E-state index in [0.29, 0.717) is 0 Å². The molecule has 0 saturated heterocycles. The summed E-state index contributed by atoms with van der Waals surface area (Å²) in [6.45, 7) is 0.981. The van der Waals surface area contributed by atoms with Crippen molar-refractivity contribution in [1.82, 2.24) is 5.32 Å². The van der Waals surface area contributed by atoms with Crippen LogP contribution in [0.1, 0.15) is 5.56 Å². The third kappa shape index (κ3) is 3.28. The molecule has 0 aromatic heterocycles. The molecule has 0 aliphatic heterocycles. The first kappa shape index (κ1) is 10.4. The van der Waals surface area contributed by atoms with Gasteiger partial charge in [-0.15, -0.1) is 0 Å². The maximum absolute atomic E-state index is 11.1. The molecule has 1 unspecified atom stereocenters. The molecule has 0 fully saturated rings. The highest BCUT2D eigenvalue weighted by Crippen LogP contribution is 2.07. The number of nitrogens with one attached hydrogen (secondary N) is 1. The molecule has 1 aromatic rings. The maximum Gasteiger partial charge on any atom is 0.0498 e. The summed E-state index contributed by atoms with van der Waals surface area (Å²) in [7, 11) is 1.08. The van der Waals surface area contributed by atoms with Gasteiger partial charge in [0.25, 0.3) is 0 Å². The molecule has 13 heavy (non-hydrogen) atoms. The summed E-state index contributed by atoms with van der Waals surface area (Å²) in [5.41, 5.74) is 1.28. The zero-order chi connectivity index (χ0) is 9.68. The summed E-state index contributed by atoms with van der Waals surface area (Å²) in [5.74, 6) is 0. The summed E-state index contributed by atoms with van der Waals surface area (Å²) >= 11 is 0. The van der Waals surface area contributed by atoms with Crippen LogP contribution in [0.4, 0.5) is 0 Å². The van der Waals surface area contributed by atoms with E-state index in [-0.39, 0.29) is 0 Å². The number of rotatable bonds is 4. The van der Waals surface area contributed by atoms with Crippen molar-refractivity contribution >= 4 is 10.8 Å². The zero-order valence-electron chi connectivity index (χ0n) is 8.04. The van der Waals surface area contributed by atoms with Crippen molar-refractivity contribution in [3.05, 3.63) is 29.8 Å². The van der Waals surface area contributed by atoms with Crippen molar-refractivity contribution in [1.29, 1.82) is 0 Å². The second-order valence-electron chi connectivity index (χ2n) is 2.95. The van der Waals surface area contributed by atoms with Crippen molar-refractivity contribution in [3.63, 3.8) is 0 Å². The lowest BCUT2D eigenvalue weighted by Crippen LogP contribution is -2.10. The first-order valence-corrected chi connectivity index (χ1v) is 5.87. The number of hydrogen-bond donors (Lipinski definition) is 1. The molecule has 0 saturated carbocycles. The van der Waals surface area contributed by atoms with E-state index in [1.165, 1.54) is 5.56 Å². The van der Waals surface area contributed by atoms with Crippen LogP contribution in [0.2, 0.25) is 0 Å². The van der Waals surface area contributed by atoms with Gasteiger partial charge in [-0.1, -0.05) is 12.1 Å². The van der Waals surface area contributed by atoms with Crippen LogP contribution in [-0.2, 0) is 17.2 Å². The Bertz CT molecular complexity index is 281. The lowest BCUT2D eigenvalue weighted by molar-refractivity contribution is 0.686. The third-order valence-electron chi connectivity index (χ3n) is 1.92. The first-order chi connectivity index (χ1) is 6.24. The largest absolute Gasteiger partial charge is 0.319 e. The van der Waals surface area contributed by atoms with Gasteiger partial charge >= 0.3 is 0 Å². The zero-order valence-corrected chi connectivity index (χ0v) is 8.86. The molecule has 1 N–H and O–H groups in total. The SMILES string of the molecule is CNCCc1ccc(S(C)=O)cc1. The normalized spacial score (nSPS) is 12.8. The molecule has 72 valence electrons. The highest BCUT2D eigenvalue weighted by Gasteiger charge is 1.96. The molecule has 1 atom stereocenters. The van der Waals surface area contributed by atoms with E-state index >= 15 is 0 Å². The van der Waals surface area contributed by atoms with Crippen LogP contribution in [0.25, 0.3) is 0 Å². The molecule has 0 spiro atoms. The standard InChI is InChI=1S/C10H15NOS/c1-11-8-7-9-3-5-10(6-4-9)13(2)12/h3-6,11H,7-8H2,1-2H3. The second-order valence-corrected chi connectivity index (χ2v) is 4.33.